The maximum absolute atomic E-state index is 13.6. The van der Waals surface area contributed by atoms with E-state index in [0.29, 0.717) is 24.9 Å². The largest absolute Gasteiger partial charge is 0.488 e. The molecule has 0 aliphatic heterocycles. The molecule has 1 heterocycles. The Morgan fingerprint density at radius 1 is 1.30 bits per heavy atom. The van der Waals surface area contributed by atoms with E-state index in [1.165, 1.54) is 30.2 Å². The maximum atomic E-state index is 13.6. The molecule has 20 heavy (non-hydrogen) atoms. The summed E-state index contributed by atoms with van der Waals surface area (Å²) >= 11 is 7.34. The van der Waals surface area contributed by atoms with Crippen LogP contribution in [0.25, 0.3) is 0 Å². The van der Waals surface area contributed by atoms with Crippen LogP contribution in [0.4, 0.5) is 4.39 Å². The number of halogens is 2. The molecule has 1 aromatic carbocycles. The second-order valence-corrected chi connectivity index (χ2v) is 6.74. The number of ether oxygens (including phenoxy) is 1. The van der Waals surface area contributed by atoms with E-state index in [-0.39, 0.29) is 5.82 Å². The minimum atomic E-state index is -0.265. The molecular formula is C15H15ClFNOS. The molecule has 1 N–H and O–H groups in total. The number of rotatable bonds is 6. The van der Waals surface area contributed by atoms with Crippen molar-refractivity contribution in [2.45, 2.75) is 32.0 Å². The molecule has 1 fully saturated rings. The van der Waals surface area contributed by atoms with Gasteiger partial charge in [0.15, 0.2) is 0 Å². The van der Waals surface area contributed by atoms with Gasteiger partial charge in [0.25, 0.3) is 0 Å². The third-order valence-corrected chi connectivity index (χ3v) is 4.32. The number of nitrogens with one attached hydrogen (secondary N) is 1. The van der Waals surface area contributed by atoms with E-state index in [9.17, 15) is 4.39 Å². The molecule has 0 amide bonds. The molecule has 0 saturated heterocycles. The molecule has 0 unspecified atom stereocenters. The Balaban J connectivity index is 1.62. The monoisotopic (exact) mass is 311 g/mol. The van der Waals surface area contributed by atoms with Gasteiger partial charge in [0, 0.05) is 23.5 Å². The van der Waals surface area contributed by atoms with Crippen LogP contribution in [0.15, 0.2) is 30.3 Å². The summed E-state index contributed by atoms with van der Waals surface area (Å²) in [7, 11) is 0. The van der Waals surface area contributed by atoms with E-state index in [2.05, 4.69) is 5.32 Å². The Hall–Kier alpha value is -1.10. The maximum Gasteiger partial charge on any atom is 0.127 e. The molecule has 1 aromatic heterocycles. The fraction of sp³-hybridized carbons (Fsp3) is 0.333. The molecule has 3 rings (SSSR count). The summed E-state index contributed by atoms with van der Waals surface area (Å²) in [5.41, 5.74) is 0.913. The zero-order valence-electron chi connectivity index (χ0n) is 10.9. The third-order valence-electron chi connectivity index (χ3n) is 3.11. The van der Waals surface area contributed by atoms with Gasteiger partial charge in [-0.3, -0.25) is 0 Å². The highest BCUT2D eigenvalue weighted by Gasteiger charge is 2.20. The van der Waals surface area contributed by atoms with Crippen molar-refractivity contribution in [1.29, 1.82) is 0 Å². The van der Waals surface area contributed by atoms with Gasteiger partial charge in [0.2, 0.25) is 0 Å². The zero-order chi connectivity index (χ0) is 13.9. The van der Waals surface area contributed by atoms with E-state index < -0.39 is 0 Å². The van der Waals surface area contributed by atoms with Crippen molar-refractivity contribution in [3.8, 4) is 5.75 Å². The van der Waals surface area contributed by atoms with Crippen molar-refractivity contribution in [2.24, 2.45) is 0 Å². The molecule has 2 nitrogen and oxygen atoms in total. The van der Waals surface area contributed by atoms with Crippen LogP contribution in [0.1, 0.15) is 23.3 Å². The summed E-state index contributed by atoms with van der Waals surface area (Å²) in [6, 6.07) is 9.20. The molecule has 1 aliphatic carbocycles. The number of benzene rings is 1. The Morgan fingerprint density at radius 3 is 2.85 bits per heavy atom. The SMILES string of the molecule is Fc1cc(CNC2CC2)cc(OCc2ccc(Cl)s2)c1. The molecule has 1 aliphatic rings. The summed E-state index contributed by atoms with van der Waals surface area (Å²) in [6.07, 6.45) is 2.44. The lowest BCUT2D eigenvalue weighted by Crippen LogP contribution is -2.15. The normalized spacial score (nSPS) is 14.5. The van der Waals surface area contributed by atoms with Crippen LogP contribution >= 0.6 is 22.9 Å². The molecule has 1 saturated carbocycles. The Kier molecular flexibility index (Phi) is 4.24. The van der Waals surface area contributed by atoms with Gasteiger partial charge in [-0.05, 0) is 42.7 Å². The molecule has 0 bridgehead atoms. The number of hydrogen-bond donors (Lipinski definition) is 1. The molecule has 2 aromatic rings. The van der Waals surface area contributed by atoms with Crippen molar-refractivity contribution in [3.05, 3.63) is 50.9 Å². The Bertz CT molecular complexity index is 597. The second-order valence-electron chi connectivity index (χ2n) is 4.94. The van der Waals surface area contributed by atoms with Crippen molar-refractivity contribution in [2.75, 3.05) is 0 Å². The van der Waals surface area contributed by atoms with Crippen LogP contribution in [0.2, 0.25) is 4.34 Å². The summed E-state index contributed by atoms with van der Waals surface area (Å²) in [5.74, 6) is 0.293. The van der Waals surface area contributed by atoms with Crippen LogP contribution in [-0.4, -0.2) is 6.04 Å². The zero-order valence-corrected chi connectivity index (χ0v) is 12.4. The van der Waals surface area contributed by atoms with Crippen LogP contribution in [0, 0.1) is 5.82 Å². The van der Waals surface area contributed by atoms with Gasteiger partial charge in [-0.25, -0.2) is 4.39 Å². The van der Waals surface area contributed by atoms with Crippen molar-refractivity contribution in [1.82, 2.24) is 5.32 Å². The average Bonchev–Trinajstić information content (AvgIpc) is 3.15. The van der Waals surface area contributed by atoms with Crippen LogP contribution in [-0.2, 0) is 13.2 Å². The minimum absolute atomic E-state index is 0.265. The topological polar surface area (TPSA) is 21.3 Å². The smallest absolute Gasteiger partial charge is 0.127 e. The summed E-state index contributed by atoms with van der Waals surface area (Å²) in [4.78, 5) is 1.02. The van der Waals surface area contributed by atoms with E-state index in [4.69, 9.17) is 16.3 Å². The lowest BCUT2D eigenvalue weighted by Gasteiger charge is -2.08. The van der Waals surface area contributed by atoms with Crippen LogP contribution < -0.4 is 10.1 Å². The lowest BCUT2D eigenvalue weighted by atomic mass is 10.2. The van der Waals surface area contributed by atoms with Gasteiger partial charge in [0.1, 0.15) is 18.2 Å². The highest BCUT2D eigenvalue weighted by molar-refractivity contribution is 7.16. The summed E-state index contributed by atoms with van der Waals surface area (Å²) in [5, 5.41) is 3.37. The molecule has 0 spiro atoms. The highest BCUT2D eigenvalue weighted by atomic mass is 35.5. The fourth-order valence-corrected chi connectivity index (χ4v) is 2.94. The number of thiophene rings is 1. The first-order chi connectivity index (χ1) is 9.69. The van der Waals surface area contributed by atoms with E-state index in [1.54, 1.807) is 6.07 Å². The quantitative estimate of drug-likeness (QED) is 0.855. The molecule has 0 atom stereocenters. The van der Waals surface area contributed by atoms with Gasteiger partial charge in [-0.1, -0.05) is 11.6 Å². The van der Waals surface area contributed by atoms with E-state index in [1.807, 2.05) is 18.2 Å². The lowest BCUT2D eigenvalue weighted by molar-refractivity contribution is 0.307. The Morgan fingerprint density at radius 2 is 2.15 bits per heavy atom. The molecule has 106 valence electrons. The molecular weight excluding hydrogens is 297 g/mol. The number of hydrogen-bond acceptors (Lipinski definition) is 3. The predicted molar refractivity (Wildman–Crippen MR) is 79.9 cm³/mol. The first-order valence-electron chi connectivity index (χ1n) is 6.59. The van der Waals surface area contributed by atoms with Gasteiger partial charge < -0.3 is 10.1 Å². The van der Waals surface area contributed by atoms with Crippen LogP contribution in [0.3, 0.4) is 0 Å². The van der Waals surface area contributed by atoms with Gasteiger partial charge in [-0.2, -0.15) is 0 Å². The highest BCUT2D eigenvalue weighted by Crippen LogP contribution is 2.24. The third kappa shape index (κ3) is 3.95. The summed E-state index contributed by atoms with van der Waals surface area (Å²) < 4.78 is 19.9. The standard InChI is InChI=1S/C15H15ClFNOS/c16-15-4-3-14(20-15)9-19-13-6-10(5-11(17)7-13)8-18-12-1-2-12/h3-7,12,18H,1-2,8-9H2. The average molecular weight is 312 g/mol. The summed E-state index contributed by atoms with van der Waals surface area (Å²) in [6.45, 7) is 1.10. The van der Waals surface area contributed by atoms with Gasteiger partial charge >= 0.3 is 0 Å². The van der Waals surface area contributed by atoms with Crippen molar-refractivity contribution in [3.63, 3.8) is 0 Å². The van der Waals surface area contributed by atoms with Crippen molar-refractivity contribution < 1.29 is 9.13 Å². The van der Waals surface area contributed by atoms with E-state index in [0.717, 1.165) is 14.8 Å². The first kappa shape index (κ1) is 13.9. The van der Waals surface area contributed by atoms with Gasteiger partial charge in [-0.15, -0.1) is 11.3 Å². The predicted octanol–water partition coefficient (Wildman–Crippen LogP) is 4.37. The fourth-order valence-electron chi connectivity index (χ4n) is 1.94. The van der Waals surface area contributed by atoms with Crippen LogP contribution in [0.5, 0.6) is 5.75 Å². The van der Waals surface area contributed by atoms with E-state index >= 15 is 0 Å². The van der Waals surface area contributed by atoms with Gasteiger partial charge in [0.05, 0.1) is 4.34 Å². The Labute approximate surface area is 126 Å². The molecule has 0 radical (unpaired) electrons. The van der Waals surface area contributed by atoms with Crippen molar-refractivity contribution >= 4 is 22.9 Å². The molecule has 5 heteroatoms. The second kappa shape index (κ2) is 6.12. The first-order valence-corrected chi connectivity index (χ1v) is 7.78. The minimum Gasteiger partial charge on any atom is -0.488 e.